The smallest absolute Gasteiger partial charge is 0.311 e. The first-order chi connectivity index (χ1) is 11.6. The molecule has 2 aromatic rings. The summed E-state index contributed by atoms with van der Waals surface area (Å²) in [6, 6.07) is 13.1. The molecule has 4 nitrogen and oxygen atoms in total. The number of rotatable bonds is 6. The maximum atomic E-state index is 13.5. The standard InChI is InChI=1S/C19H18FNO3/c20-17-7-2-1-4-13(17)10-11-18(22)24-16-6-3-5-15(12-16)21-19(23)14-8-9-14/h1-7,12,14H,8-11H2,(H,21,23). The average Bonchev–Trinajstić information content (AvgIpc) is 3.39. The van der Waals surface area contributed by atoms with Crippen molar-refractivity contribution in [3.8, 4) is 5.75 Å². The largest absolute Gasteiger partial charge is 0.426 e. The molecule has 0 bridgehead atoms. The molecule has 1 fully saturated rings. The second-order valence-electron chi connectivity index (χ2n) is 5.86. The van der Waals surface area contributed by atoms with Gasteiger partial charge in [-0.1, -0.05) is 24.3 Å². The van der Waals surface area contributed by atoms with Gasteiger partial charge in [0.25, 0.3) is 0 Å². The second kappa shape index (κ2) is 7.25. The summed E-state index contributed by atoms with van der Waals surface area (Å²) in [7, 11) is 0. The van der Waals surface area contributed by atoms with E-state index in [4.69, 9.17) is 4.74 Å². The molecular formula is C19H18FNO3. The van der Waals surface area contributed by atoms with Crippen LogP contribution in [0.4, 0.5) is 10.1 Å². The first kappa shape index (κ1) is 16.2. The summed E-state index contributed by atoms with van der Waals surface area (Å²) in [5.41, 5.74) is 1.09. The zero-order chi connectivity index (χ0) is 16.9. The van der Waals surface area contributed by atoms with Gasteiger partial charge in [-0.15, -0.1) is 0 Å². The van der Waals surface area contributed by atoms with Gasteiger partial charge in [0.1, 0.15) is 11.6 Å². The second-order valence-corrected chi connectivity index (χ2v) is 5.86. The predicted molar refractivity (Wildman–Crippen MR) is 88.2 cm³/mol. The summed E-state index contributed by atoms with van der Waals surface area (Å²) in [6.45, 7) is 0. The number of nitrogens with one attached hydrogen (secondary N) is 1. The maximum Gasteiger partial charge on any atom is 0.311 e. The van der Waals surface area contributed by atoms with Crippen LogP contribution in [0.15, 0.2) is 48.5 Å². The topological polar surface area (TPSA) is 55.4 Å². The Balaban J connectivity index is 1.54. The minimum Gasteiger partial charge on any atom is -0.426 e. The lowest BCUT2D eigenvalue weighted by Gasteiger charge is -2.08. The average molecular weight is 327 g/mol. The summed E-state index contributed by atoms with van der Waals surface area (Å²) in [5.74, 6) is -0.295. The van der Waals surface area contributed by atoms with Gasteiger partial charge in [0, 0.05) is 17.7 Å². The Labute approximate surface area is 139 Å². The summed E-state index contributed by atoms with van der Waals surface area (Å²) < 4.78 is 18.8. The van der Waals surface area contributed by atoms with Crippen LogP contribution in [0.5, 0.6) is 5.75 Å². The zero-order valence-electron chi connectivity index (χ0n) is 13.1. The molecule has 0 spiro atoms. The Morgan fingerprint density at radius 1 is 1.12 bits per heavy atom. The number of hydrogen-bond acceptors (Lipinski definition) is 3. The van der Waals surface area contributed by atoms with Gasteiger partial charge in [-0.05, 0) is 43.0 Å². The van der Waals surface area contributed by atoms with Gasteiger partial charge in [0.05, 0.1) is 6.42 Å². The number of ether oxygens (including phenoxy) is 1. The fourth-order valence-corrected chi connectivity index (χ4v) is 2.35. The van der Waals surface area contributed by atoms with E-state index in [1.54, 1.807) is 42.5 Å². The van der Waals surface area contributed by atoms with Crippen LogP contribution in [0.25, 0.3) is 0 Å². The van der Waals surface area contributed by atoms with E-state index in [1.807, 2.05) is 0 Å². The molecule has 5 heteroatoms. The van der Waals surface area contributed by atoms with Gasteiger partial charge in [0.2, 0.25) is 5.91 Å². The molecule has 0 heterocycles. The molecule has 1 N–H and O–H groups in total. The van der Waals surface area contributed by atoms with E-state index in [-0.39, 0.29) is 30.5 Å². The Hall–Kier alpha value is -2.69. The van der Waals surface area contributed by atoms with Crippen LogP contribution >= 0.6 is 0 Å². The van der Waals surface area contributed by atoms with E-state index < -0.39 is 5.97 Å². The molecule has 0 saturated heterocycles. The third-order valence-corrected chi connectivity index (χ3v) is 3.84. The molecule has 0 atom stereocenters. The molecule has 0 aliphatic heterocycles. The van der Waals surface area contributed by atoms with Gasteiger partial charge >= 0.3 is 5.97 Å². The summed E-state index contributed by atoms with van der Waals surface area (Å²) in [6.07, 6.45) is 2.22. The molecule has 124 valence electrons. The van der Waals surface area contributed by atoms with Gasteiger partial charge in [-0.3, -0.25) is 9.59 Å². The number of aryl methyl sites for hydroxylation is 1. The first-order valence-corrected chi connectivity index (χ1v) is 7.97. The molecule has 0 unspecified atom stereocenters. The molecule has 24 heavy (non-hydrogen) atoms. The maximum absolute atomic E-state index is 13.5. The number of halogens is 1. The van der Waals surface area contributed by atoms with Crippen molar-refractivity contribution in [2.75, 3.05) is 5.32 Å². The van der Waals surface area contributed by atoms with E-state index in [1.165, 1.54) is 6.07 Å². The molecule has 1 aliphatic rings. The number of benzene rings is 2. The fourth-order valence-electron chi connectivity index (χ4n) is 2.35. The number of anilines is 1. The lowest BCUT2D eigenvalue weighted by Crippen LogP contribution is -2.14. The number of hydrogen-bond donors (Lipinski definition) is 1. The van der Waals surface area contributed by atoms with Crippen LogP contribution in [-0.4, -0.2) is 11.9 Å². The van der Waals surface area contributed by atoms with Crippen LogP contribution < -0.4 is 10.1 Å². The van der Waals surface area contributed by atoms with Crippen molar-refractivity contribution < 1.29 is 18.7 Å². The molecule has 1 aliphatic carbocycles. The van der Waals surface area contributed by atoms with Crippen molar-refractivity contribution >= 4 is 17.6 Å². The van der Waals surface area contributed by atoms with Gasteiger partial charge in [0.15, 0.2) is 0 Å². The normalized spacial score (nSPS) is 13.4. The predicted octanol–water partition coefficient (Wildman–Crippen LogP) is 3.71. The summed E-state index contributed by atoms with van der Waals surface area (Å²) >= 11 is 0. The highest BCUT2D eigenvalue weighted by molar-refractivity contribution is 5.94. The van der Waals surface area contributed by atoms with Crippen LogP contribution in [-0.2, 0) is 16.0 Å². The molecule has 1 saturated carbocycles. The molecule has 1 amide bonds. The third kappa shape index (κ3) is 4.41. The van der Waals surface area contributed by atoms with Crippen LogP contribution in [0, 0.1) is 11.7 Å². The van der Waals surface area contributed by atoms with Gasteiger partial charge < -0.3 is 10.1 Å². The number of amides is 1. The summed E-state index contributed by atoms with van der Waals surface area (Å²) in [4.78, 5) is 23.7. The minimum absolute atomic E-state index is 0.00182. The number of carbonyl (C=O) groups excluding carboxylic acids is 2. The van der Waals surface area contributed by atoms with E-state index in [0.29, 0.717) is 17.0 Å². The molecule has 3 rings (SSSR count). The lowest BCUT2D eigenvalue weighted by atomic mass is 10.1. The fraction of sp³-hybridized carbons (Fsp3) is 0.263. The van der Waals surface area contributed by atoms with E-state index in [9.17, 15) is 14.0 Å². The molecule has 0 radical (unpaired) electrons. The summed E-state index contributed by atoms with van der Waals surface area (Å²) in [5, 5.41) is 2.80. The monoisotopic (exact) mass is 327 g/mol. The van der Waals surface area contributed by atoms with E-state index >= 15 is 0 Å². The highest BCUT2D eigenvalue weighted by atomic mass is 19.1. The van der Waals surface area contributed by atoms with Crippen molar-refractivity contribution in [1.29, 1.82) is 0 Å². The quantitative estimate of drug-likeness (QED) is 0.650. The van der Waals surface area contributed by atoms with Gasteiger partial charge in [-0.2, -0.15) is 0 Å². The highest BCUT2D eigenvalue weighted by Gasteiger charge is 2.29. The molecule has 0 aromatic heterocycles. The third-order valence-electron chi connectivity index (χ3n) is 3.84. The zero-order valence-corrected chi connectivity index (χ0v) is 13.1. The minimum atomic E-state index is -0.441. The van der Waals surface area contributed by atoms with Crippen LogP contribution in [0.1, 0.15) is 24.8 Å². The number of carbonyl (C=O) groups is 2. The van der Waals surface area contributed by atoms with Crippen molar-refractivity contribution in [2.24, 2.45) is 5.92 Å². The number of esters is 1. The van der Waals surface area contributed by atoms with Crippen LogP contribution in [0.2, 0.25) is 0 Å². The van der Waals surface area contributed by atoms with E-state index in [2.05, 4.69) is 5.32 Å². The Bertz CT molecular complexity index is 756. The van der Waals surface area contributed by atoms with Crippen molar-refractivity contribution in [3.63, 3.8) is 0 Å². The lowest BCUT2D eigenvalue weighted by molar-refractivity contribution is -0.134. The first-order valence-electron chi connectivity index (χ1n) is 7.97. The van der Waals surface area contributed by atoms with Gasteiger partial charge in [-0.25, -0.2) is 4.39 Å². The Morgan fingerprint density at radius 3 is 2.67 bits per heavy atom. The van der Waals surface area contributed by atoms with Crippen molar-refractivity contribution in [2.45, 2.75) is 25.7 Å². The molecular weight excluding hydrogens is 309 g/mol. The SMILES string of the molecule is O=C(CCc1ccccc1F)Oc1cccc(NC(=O)C2CC2)c1. The van der Waals surface area contributed by atoms with Crippen molar-refractivity contribution in [1.82, 2.24) is 0 Å². The Morgan fingerprint density at radius 2 is 1.92 bits per heavy atom. The van der Waals surface area contributed by atoms with Crippen molar-refractivity contribution in [3.05, 3.63) is 59.9 Å². The van der Waals surface area contributed by atoms with Crippen LogP contribution in [0.3, 0.4) is 0 Å². The molecule has 2 aromatic carbocycles. The Kier molecular flexibility index (Phi) is 4.89. The highest BCUT2D eigenvalue weighted by Crippen LogP contribution is 2.30. The van der Waals surface area contributed by atoms with E-state index in [0.717, 1.165) is 12.8 Å².